The van der Waals surface area contributed by atoms with E-state index in [1.54, 1.807) is 32.0 Å². The number of nitrogens with zero attached hydrogens (tertiary/aromatic N) is 4. The van der Waals surface area contributed by atoms with Crippen LogP contribution in [0.15, 0.2) is 33.8 Å². The van der Waals surface area contributed by atoms with E-state index in [2.05, 4.69) is 20.4 Å². The molecule has 0 spiro atoms. The number of halogens is 1. The Balaban J connectivity index is 1.51. The monoisotopic (exact) mass is 481 g/mol. The summed E-state index contributed by atoms with van der Waals surface area (Å²) in [6.07, 6.45) is 2.63. The van der Waals surface area contributed by atoms with Crippen LogP contribution in [0.25, 0.3) is 10.7 Å². The van der Waals surface area contributed by atoms with Crippen molar-refractivity contribution < 1.29 is 17.7 Å². The van der Waals surface area contributed by atoms with Gasteiger partial charge in [0.1, 0.15) is 5.82 Å². The molecule has 3 aromatic heterocycles. The molecular formula is C19H20ClN5O4S2. The Morgan fingerprint density at radius 3 is 2.84 bits per heavy atom. The van der Waals surface area contributed by atoms with E-state index in [0.717, 1.165) is 0 Å². The molecule has 1 aliphatic heterocycles. The molecule has 164 valence electrons. The molecule has 0 aliphatic carbocycles. The molecule has 0 radical (unpaired) electrons. The van der Waals surface area contributed by atoms with Gasteiger partial charge in [0.25, 0.3) is 0 Å². The zero-order valence-corrected chi connectivity index (χ0v) is 19.2. The Bertz CT molecular complexity index is 1210. The summed E-state index contributed by atoms with van der Waals surface area (Å²) >= 11 is 7.11. The molecule has 0 saturated carbocycles. The lowest BCUT2D eigenvalue weighted by atomic mass is 9.99. The second-order valence-corrected chi connectivity index (χ2v) is 10.8. The highest BCUT2D eigenvalue weighted by atomic mass is 35.5. The molecule has 1 amide bonds. The van der Waals surface area contributed by atoms with Crippen molar-refractivity contribution >= 4 is 44.7 Å². The zero-order valence-electron chi connectivity index (χ0n) is 16.8. The quantitative estimate of drug-likeness (QED) is 0.592. The number of thiophene rings is 1. The van der Waals surface area contributed by atoms with Crippen LogP contribution in [-0.4, -0.2) is 46.8 Å². The van der Waals surface area contributed by atoms with Gasteiger partial charge in [-0.2, -0.15) is 9.29 Å². The highest BCUT2D eigenvalue weighted by molar-refractivity contribution is 7.89. The van der Waals surface area contributed by atoms with Crippen LogP contribution in [0, 0.1) is 19.8 Å². The summed E-state index contributed by atoms with van der Waals surface area (Å²) < 4.78 is 33.0. The van der Waals surface area contributed by atoms with E-state index in [1.165, 1.54) is 21.8 Å². The Morgan fingerprint density at radius 1 is 1.35 bits per heavy atom. The summed E-state index contributed by atoms with van der Waals surface area (Å²) in [6.45, 7) is 3.88. The zero-order chi connectivity index (χ0) is 22.2. The fourth-order valence-corrected chi connectivity index (χ4v) is 6.54. The fourth-order valence-electron chi connectivity index (χ4n) is 3.42. The van der Waals surface area contributed by atoms with Gasteiger partial charge >= 0.3 is 0 Å². The third-order valence-electron chi connectivity index (χ3n) is 4.97. The van der Waals surface area contributed by atoms with Gasteiger partial charge in [-0.3, -0.25) is 4.79 Å². The van der Waals surface area contributed by atoms with Crippen molar-refractivity contribution in [3.63, 3.8) is 0 Å². The number of hydrogen-bond donors (Lipinski definition) is 1. The SMILES string of the molecule is Cc1nc(-c2cc(S(=O)(=O)N3CCC[C@H](C(=O)Nc4ccc(Cl)cn4)C3)c(C)s2)no1. The van der Waals surface area contributed by atoms with Gasteiger partial charge in [-0.25, -0.2) is 13.4 Å². The summed E-state index contributed by atoms with van der Waals surface area (Å²) in [5.41, 5.74) is 0. The molecule has 1 N–H and O–H groups in total. The number of pyridine rings is 1. The molecule has 4 rings (SSSR count). The van der Waals surface area contributed by atoms with Crippen LogP contribution in [-0.2, 0) is 14.8 Å². The first kappa shape index (κ1) is 21.9. The molecule has 0 bridgehead atoms. The lowest BCUT2D eigenvalue weighted by Gasteiger charge is -2.31. The average Bonchev–Trinajstić information content (AvgIpc) is 3.35. The van der Waals surface area contributed by atoms with Crippen LogP contribution in [0.2, 0.25) is 5.02 Å². The van der Waals surface area contributed by atoms with Gasteiger partial charge in [0.15, 0.2) is 0 Å². The summed E-state index contributed by atoms with van der Waals surface area (Å²) in [5.74, 6) is 0.408. The molecule has 9 nitrogen and oxygen atoms in total. The third-order valence-corrected chi connectivity index (χ3v) is 8.36. The molecule has 1 fully saturated rings. The van der Waals surface area contributed by atoms with Gasteiger partial charge in [-0.15, -0.1) is 11.3 Å². The number of carbonyl (C=O) groups excluding carboxylic acids is 1. The van der Waals surface area contributed by atoms with Crippen LogP contribution in [0.3, 0.4) is 0 Å². The van der Waals surface area contributed by atoms with E-state index in [1.807, 2.05) is 0 Å². The second-order valence-electron chi connectivity index (χ2n) is 7.22. The van der Waals surface area contributed by atoms with E-state index < -0.39 is 15.9 Å². The van der Waals surface area contributed by atoms with E-state index in [9.17, 15) is 13.2 Å². The topological polar surface area (TPSA) is 118 Å². The van der Waals surface area contributed by atoms with Gasteiger partial charge in [0.05, 0.1) is 20.7 Å². The molecule has 1 aliphatic rings. The summed E-state index contributed by atoms with van der Waals surface area (Å²) in [7, 11) is -3.77. The molecule has 0 unspecified atom stereocenters. The predicted molar refractivity (Wildman–Crippen MR) is 116 cm³/mol. The fraction of sp³-hybridized carbons (Fsp3) is 0.368. The minimum atomic E-state index is -3.77. The smallest absolute Gasteiger partial charge is 0.244 e. The first-order chi connectivity index (χ1) is 14.7. The molecule has 4 heterocycles. The Labute approximate surface area is 188 Å². The third kappa shape index (κ3) is 4.64. The second kappa shape index (κ2) is 8.65. The summed E-state index contributed by atoms with van der Waals surface area (Å²) in [6, 6.07) is 4.80. The minimum absolute atomic E-state index is 0.105. The van der Waals surface area contributed by atoms with E-state index in [-0.39, 0.29) is 17.3 Å². The Hall–Kier alpha value is -2.34. The van der Waals surface area contributed by atoms with Crippen molar-refractivity contribution in [2.45, 2.75) is 31.6 Å². The van der Waals surface area contributed by atoms with Crippen LogP contribution >= 0.6 is 22.9 Å². The Morgan fingerprint density at radius 2 is 2.16 bits per heavy atom. The van der Waals surface area contributed by atoms with Crippen LogP contribution in [0.4, 0.5) is 5.82 Å². The lowest BCUT2D eigenvalue weighted by molar-refractivity contribution is -0.120. The number of piperidine rings is 1. The standard InChI is InChI=1S/C19H20ClN5O4S2/c1-11-16(8-15(30-11)18-22-12(2)29-24-18)31(27,28)25-7-3-4-13(10-25)19(26)23-17-6-5-14(20)9-21-17/h5-6,8-9,13H,3-4,7,10H2,1-2H3,(H,21,23,26)/t13-/m0/s1. The molecular weight excluding hydrogens is 462 g/mol. The number of aryl methyl sites for hydroxylation is 2. The number of sulfonamides is 1. The number of rotatable bonds is 5. The number of hydrogen-bond acceptors (Lipinski definition) is 8. The number of nitrogens with one attached hydrogen (secondary N) is 1. The van der Waals surface area contributed by atoms with E-state index in [4.69, 9.17) is 16.1 Å². The van der Waals surface area contributed by atoms with Crippen molar-refractivity contribution in [3.8, 4) is 10.7 Å². The van der Waals surface area contributed by atoms with Gasteiger partial charge in [0.2, 0.25) is 27.6 Å². The number of amides is 1. The first-order valence-electron chi connectivity index (χ1n) is 9.58. The highest BCUT2D eigenvalue weighted by Gasteiger charge is 2.35. The van der Waals surface area contributed by atoms with E-state index in [0.29, 0.717) is 51.7 Å². The summed E-state index contributed by atoms with van der Waals surface area (Å²) in [4.78, 5) is 22.4. The number of aromatic nitrogens is 3. The molecule has 0 aromatic carbocycles. The first-order valence-corrected chi connectivity index (χ1v) is 12.2. The van der Waals surface area contributed by atoms with Crippen molar-refractivity contribution in [1.82, 2.24) is 19.4 Å². The average molecular weight is 482 g/mol. The van der Waals surface area contributed by atoms with Crippen molar-refractivity contribution in [3.05, 3.63) is 40.2 Å². The predicted octanol–water partition coefficient (Wildman–Crippen LogP) is 3.50. The minimum Gasteiger partial charge on any atom is -0.339 e. The van der Waals surface area contributed by atoms with Crippen molar-refractivity contribution in [1.29, 1.82) is 0 Å². The lowest BCUT2D eigenvalue weighted by Crippen LogP contribution is -2.43. The van der Waals surface area contributed by atoms with Crippen LogP contribution in [0.1, 0.15) is 23.6 Å². The number of carbonyl (C=O) groups is 1. The molecule has 31 heavy (non-hydrogen) atoms. The van der Waals surface area contributed by atoms with Crippen molar-refractivity contribution in [2.75, 3.05) is 18.4 Å². The maximum absolute atomic E-state index is 13.3. The van der Waals surface area contributed by atoms with Crippen LogP contribution in [0.5, 0.6) is 0 Å². The maximum Gasteiger partial charge on any atom is 0.244 e. The summed E-state index contributed by atoms with van der Waals surface area (Å²) in [5, 5.41) is 7.07. The normalized spacial score (nSPS) is 17.6. The molecule has 12 heteroatoms. The van der Waals surface area contributed by atoms with Gasteiger partial charge < -0.3 is 9.84 Å². The highest BCUT2D eigenvalue weighted by Crippen LogP contribution is 2.35. The van der Waals surface area contributed by atoms with Gasteiger partial charge in [0, 0.05) is 31.1 Å². The Kier molecular flexibility index (Phi) is 6.11. The van der Waals surface area contributed by atoms with Gasteiger partial charge in [-0.05, 0) is 38.0 Å². The maximum atomic E-state index is 13.3. The molecule has 1 atom stereocenters. The largest absolute Gasteiger partial charge is 0.339 e. The van der Waals surface area contributed by atoms with E-state index >= 15 is 0 Å². The molecule has 3 aromatic rings. The van der Waals surface area contributed by atoms with Gasteiger partial charge in [-0.1, -0.05) is 16.8 Å². The van der Waals surface area contributed by atoms with Crippen LogP contribution < -0.4 is 5.32 Å². The number of anilines is 1. The molecule has 1 saturated heterocycles. The van der Waals surface area contributed by atoms with Crippen molar-refractivity contribution in [2.24, 2.45) is 5.92 Å².